The average molecular weight is 252 g/mol. The fourth-order valence-electron chi connectivity index (χ4n) is 1.84. The smallest absolute Gasteiger partial charge is 0.269 e. The molecule has 1 fully saturated rings. The number of amides is 1. The van der Waals surface area contributed by atoms with Gasteiger partial charge < -0.3 is 14.8 Å². The molecule has 1 aliphatic rings. The molecule has 1 aromatic rings. The Morgan fingerprint density at radius 1 is 1.39 bits per heavy atom. The molecule has 1 saturated heterocycles. The van der Waals surface area contributed by atoms with Gasteiger partial charge in [0.2, 0.25) is 6.41 Å². The van der Waals surface area contributed by atoms with Crippen LogP contribution in [0.25, 0.3) is 0 Å². The Morgan fingerprint density at radius 3 is 2.72 bits per heavy atom. The summed E-state index contributed by atoms with van der Waals surface area (Å²) >= 11 is 0. The third-order valence-electron chi connectivity index (χ3n) is 2.71. The molecule has 1 amide bonds. The second-order valence-electron chi connectivity index (χ2n) is 3.82. The maximum atomic E-state index is 10.6. The third kappa shape index (κ3) is 2.63. The number of hydrogen-bond acceptors (Lipinski definition) is 5. The topological polar surface area (TPSA) is 90.7 Å². The first-order chi connectivity index (χ1) is 8.72. The maximum absolute atomic E-state index is 10.6. The summed E-state index contributed by atoms with van der Waals surface area (Å²) in [5.74, 6) is 0. The first-order valence-electron chi connectivity index (χ1n) is 5.36. The standard InChI is InChI=1S/C11H12N2O5/c14-6-12-10-5-17-7-18-11(10)8-1-3-9(4-2-8)13(15)16/h1-4,6,10-11H,5,7H2,(H,12,14)/t10-,11-/m1/s1. The summed E-state index contributed by atoms with van der Waals surface area (Å²) in [6, 6.07) is 5.76. The van der Waals surface area contributed by atoms with E-state index in [4.69, 9.17) is 9.47 Å². The molecule has 2 rings (SSSR count). The molecule has 0 unspecified atom stereocenters. The lowest BCUT2D eigenvalue weighted by Gasteiger charge is -2.31. The van der Waals surface area contributed by atoms with E-state index < -0.39 is 4.92 Å². The minimum absolute atomic E-state index is 0.0192. The predicted octanol–water partition coefficient (Wildman–Crippen LogP) is 0.755. The highest BCUT2D eigenvalue weighted by atomic mass is 16.7. The van der Waals surface area contributed by atoms with Crippen molar-refractivity contribution in [3.05, 3.63) is 39.9 Å². The lowest BCUT2D eigenvalue weighted by Crippen LogP contribution is -2.43. The van der Waals surface area contributed by atoms with E-state index in [1.165, 1.54) is 12.1 Å². The molecule has 7 heteroatoms. The van der Waals surface area contributed by atoms with Crippen LogP contribution in [0.5, 0.6) is 0 Å². The Hall–Kier alpha value is -1.99. The SMILES string of the molecule is O=CN[C@@H]1COCO[C@@H]1c1ccc([N+](=O)[O-])cc1. The van der Waals surface area contributed by atoms with Gasteiger partial charge in [-0.25, -0.2) is 0 Å². The molecule has 1 aromatic carbocycles. The lowest BCUT2D eigenvalue weighted by molar-refractivity contribution is -0.384. The molecular weight excluding hydrogens is 240 g/mol. The quantitative estimate of drug-likeness (QED) is 0.485. The van der Waals surface area contributed by atoms with E-state index in [1.807, 2.05) is 0 Å². The summed E-state index contributed by atoms with van der Waals surface area (Å²) in [5, 5.41) is 13.2. The zero-order chi connectivity index (χ0) is 13.0. The average Bonchev–Trinajstić information content (AvgIpc) is 2.40. The molecule has 1 aliphatic heterocycles. The molecule has 96 valence electrons. The zero-order valence-electron chi connectivity index (χ0n) is 9.44. The van der Waals surface area contributed by atoms with Crippen molar-refractivity contribution in [1.29, 1.82) is 0 Å². The number of carbonyl (C=O) groups excluding carboxylic acids is 1. The fraction of sp³-hybridized carbons (Fsp3) is 0.364. The van der Waals surface area contributed by atoms with Crippen molar-refractivity contribution < 1.29 is 19.2 Å². The van der Waals surface area contributed by atoms with Crippen LogP contribution in [-0.2, 0) is 14.3 Å². The van der Waals surface area contributed by atoms with E-state index in [9.17, 15) is 14.9 Å². The van der Waals surface area contributed by atoms with Crippen molar-refractivity contribution in [2.45, 2.75) is 12.1 Å². The summed E-state index contributed by atoms with van der Waals surface area (Å²) in [4.78, 5) is 20.6. The molecule has 0 aliphatic carbocycles. The van der Waals surface area contributed by atoms with Crippen LogP contribution < -0.4 is 5.32 Å². The van der Waals surface area contributed by atoms with Crippen LogP contribution in [0.2, 0.25) is 0 Å². The van der Waals surface area contributed by atoms with Gasteiger partial charge in [-0.15, -0.1) is 0 Å². The zero-order valence-corrected chi connectivity index (χ0v) is 9.44. The number of rotatable bonds is 4. The van der Waals surface area contributed by atoms with Crippen LogP contribution in [0.3, 0.4) is 0 Å². The van der Waals surface area contributed by atoms with E-state index in [1.54, 1.807) is 12.1 Å². The first kappa shape index (κ1) is 12.5. The van der Waals surface area contributed by atoms with Gasteiger partial charge in [0.25, 0.3) is 5.69 Å². The molecule has 2 atom stereocenters. The summed E-state index contributed by atoms with van der Waals surface area (Å²) < 4.78 is 10.5. The van der Waals surface area contributed by atoms with Crippen molar-refractivity contribution >= 4 is 12.1 Å². The van der Waals surface area contributed by atoms with Gasteiger partial charge in [0.15, 0.2) is 0 Å². The molecule has 18 heavy (non-hydrogen) atoms. The van der Waals surface area contributed by atoms with E-state index in [0.29, 0.717) is 13.0 Å². The first-order valence-corrected chi connectivity index (χ1v) is 5.36. The molecule has 1 heterocycles. The molecule has 1 N–H and O–H groups in total. The van der Waals surface area contributed by atoms with E-state index in [-0.39, 0.29) is 24.6 Å². The highest BCUT2D eigenvalue weighted by Crippen LogP contribution is 2.26. The van der Waals surface area contributed by atoms with Crippen molar-refractivity contribution in [3.63, 3.8) is 0 Å². The predicted molar refractivity (Wildman–Crippen MR) is 60.7 cm³/mol. The number of benzene rings is 1. The lowest BCUT2D eigenvalue weighted by atomic mass is 10.0. The number of non-ortho nitro benzene ring substituents is 1. The van der Waals surface area contributed by atoms with Crippen molar-refractivity contribution in [2.24, 2.45) is 0 Å². The van der Waals surface area contributed by atoms with Gasteiger partial charge in [-0.2, -0.15) is 0 Å². The van der Waals surface area contributed by atoms with Gasteiger partial charge in [-0.05, 0) is 17.7 Å². The van der Waals surface area contributed by atoms with Crippen molar-refractivity contribution in [2.75, 3.05) is 13.4 Å². The maximum Gasteiger partial charge on any atom is 0.269 e. The van der Waals surface area contributed by atoms with Crippen LogP contribution in [0.15, 0.2) is 24.3 Å². The number of nitro benzene ring substituents is 1. The molecular formula is C11H12N2O5. The summed E-state index contributed by atoms with van der Waals surface area (Å²) in [6.45, 7) is 0.485. The second-order valence-corrected chi connectivity index (χ2v) is 3.82. The summed E-state index contributed by atoms with van der Waals surface area (Å²) in [7, 11) is 0. The highest BCUT2D eigenvalue weighted by Gasteiger charge is 2.28. The van der Waals surface area contributed by atoms with Gasteiger partial charge in [0.05, 0.1) is 17.6 Å². The van der Waals surface area contributed by atoms with Crippen molar-refractivity contribution in [1.82, 2.24) is 5.32 Å². The summed E-state index contributed by atoms with van der Waals surface area (Å²) in [5.41, 5.74) is 0.786. The van der Waals surface area contributed by atoms with Gasteiger partial charge in [-0.1, -0.05) is 0 Å². The normalized spacial score (nSPS) is 23.3. The minimum atomic E-state index is -0.463. The van der Waals surface area contributed by atoms with Gasteiger partial charge >= 0.3 is 0 Å². The number of ether oxygens (including phenoxy) is 2. The Kier molecular flexibility index (Phi) is 3.85. The monoisotopic (exact) mass is 252 g/mol. The third-order valence-corrected chi connectivity index (χ3v) is 2.71. The van der Waals surface area contributed by atoms with E-state index >= 15 is 0 Å². The van der Waals surface area contributed by atoms with Crippen LogP contribution >= 0.6 is 0 Å². The largest absolute Gasteiger partial charge is 0.353 e. The van der Waals surface area contributed by atoms with E-state index in [0.717, 1.165) is 5.56 Å². The van der Waals surface area contributed by atoms with Crippen LogP contribution in [-0.4, -0.2) is 30.8 Å². The van der Waals surface area contributed by atoms with Crippen molar-refractivity contribution in [3.8, 4) is 0 Å². The Labute approximate surface area is 103 Å². The Bertz CT molecular complexity index is 434. The van der Waals surface area contributed by atoms with E-state index in [2.05, 4.69) is 5.32 Å². The Morgan fingerprint density at radius 2 is 2.11 bits per heavy atom. The van der Waals surface area contributed by atoms with Gasteiger partial charge in [-0.3, -0.25) is 14.9 Å². The van der Waals surface area contributed by atoms with Gasteiger partial charge in [0.1, 0.15) is 12.9 Å². The minimum Gasteiger partial charge on any atom is -0.353 e. The molecule has 0 radical (unpaired) electrons. The Balaban J connectivity index is 2.17. The molecule has 0 saturated carbocycles. The van der Waals surface area contributed by atoms with Crippen LogP contribution in [0.4, 0.5) is 5.69 Å². The number of nitro groups is 1. The molecule has 0 bridgehead atoms. The number of hydrogen-bond donors (Lipinski definition) is 1. The molecule has 0 aromatic heterocycles. The number of nitrogens with zero attached hydrogens (tertiary/aromatic N) is 1. The second kappa shape index (κ2) is 5.56. The summed E-state index contributed by atoms with van der Waals surface area (Å²) in [6.07, 6.45) is 0.228. The number of nitrogens with one attached hydrogen (secondary N) is 1. The number of carbonyl (C=O) groups is 1. The van der Waals surface area contributed by atoms with Crippen LogP contribution in [0, 0.1) is 10.1 Å². The van der Waals surface area contributed by atoms with Gasteiger partial charge in [0, 0.05) is 12.1 Å². The highest BCUT2D eigenvalue weighted by molar-refractivity contribution is 5.47. The van der Waals surface area contributed by atoms with Crippen LogP contribution in [0.1, 0.15) is 11.7 Å². The molecule has 0 spiro atoms. The fourth-order valence-corrected chi connectivity index (χ4v) is 1.84. The molecule has 7 nitrogen and oxygen atoms in total.